The van der Waals surface area contributed by atoms with Crippen molar-refractivity contribution in [3.05, 3.63) is 0 Å². The standard InChI is InChI=1S/C9H10O6/c1-13-8(11)2-3-6-7(15-9(3)12)4(10)5(2)14-6/h2-7,10H,1H3. The van der Waals surface area contributed by atoms with Crippen molar-refractivity contribution in [2.24, 2.45) is 11.8 Å². The maximum absolute atomic E-state index is 11.5. The summed E-state index contributed by atoms with van der Waals surface area (Å²) in [5, 5.41) is 9.73. The number of aliphatic hydroxyl groups excluding tert-OH is 1. The summed E-state index contributed by atoms with van der Waals surface area (Å²) in [6.07, 6.45) is -2.67. The van der Waals surface area contributed by atoms with Gasteiger partial charge in [0, 0.05) is 0 Å². The number of hydrogen-bond acceptors (Lipinski definition) is 6. The van der Waals surface area contributed by atoms with Gasteiger partial charge in [0.15, 0.2) is 6.10 Å². The predicted molar refractivity (Wildman–Crippen MR) is 43.5 cm³/mol. The van der Waals surface area contributed by atoms with E-state index >= 15 is 0 Å². The lowest BCUT2D eigenvalue weighted by Gasteiger charge is -2.22. The Morgan fingerprint density at radius 2 is 2.13 bits per heavy atom. The fourth-order valence-corrected chi connectivity index (χ4v) is 2.76. The van der Waals surface area contributed by atoms with Gasteiger partial charge in [0.25, 0.3) is 0 Å². The molecule has 0 amide bonds. The fourth-order valence-electron chi connectivity index (χ4n) is 2.76. The molecule has 3 aliphatic heterocycles. The van der Waals surface area contributed by atoms with Gasteiger partial charge in [-0.15, -0.1) is 0 Å². The van der Waals surface area contributed by atoms with Crippen molar-refractivity contribution in [2.45, 2.75) is 24.4 Å². The number of aliphatic hydroxyl groups is 1. The maximum atomic E-state index is 11.5. The molecule has 0 aromatic carbocycles. The van der Waals surface area contributed by atoms with Gasteiger partial charge in [0.05, 0.1) is 7.11 Å². The minimum absolute atomic E-state index is 0.473. The first kappa shape index (κ1) is 9.11. The lowest BCUT2D eigenvalue weighted by Crippen LogP contribution is -2.45. The van der Waals surface area contributed by atoms with E-state index in [-0.39, 0.29) is 0 Å². The smallest absolute Gasteiger partial charge is 0.313 e. The molecule has 0 spiro atoms. The molecule has 3 rings (SSSR count). The van der Waals surface area contributed by atoms with E-state index in [2.05, 4.69) is 4.74 Å². The molecule has 82 valence electrons. The molecule has 0 aliphatic carbocycles. The van der Waals surface area contributed by atoms with Crippen molar-refractivity contribution in [3.63, 3.8) is 0 Å². The maximum Gasteiger partial charge on any atom is 0.313 e. The second-order valence-electron chi connectivity index (χ2n) is 4.03. The van der Waals surface area contributed by atoms with Gasteiger partial charge in [-0.25, -0.2) is 0 Å². The summed E-state index contributed by atoms with van der Waals surface area (Å²) in [6.45, 7) is 0. The lowest BCUT2D eigenvalue weighted by molar-refractivity contribution is -0.153. The first-order valence-corrected chi connectivity index (χ1v) is 4.77. The highest BCUT2D eigenvalue weighted by Gasteiger charge is 2.70. The van der Waals surface area contributed by atoms with E-state index in [9.17, 15) is 14.7 Å². The summed E-state index contributed by atoms with van der Waals surface area (Å²) in [5.74, 6) is -2.32. The summed E-state index contributed by atoms with van der Waals surface area (Å²) in [5.41, 5.74) is 0. The average molecular weight is 214 g/mol. The predicted octanol–water partition coefficient (Wildman–Crippen LogP) is -1.54. The Balaban J connectivity index is 1.98. The van der Waals surface area contributed by atoms with Crippen LogP contribution in [0.25, 0.3) is 0 Å². The van der Waals surface area contributed by atoms with Crippen LogP contribution in [0, 0.1) is 11.8 Å². The van der Waals surface area contributed by atoms with Crippen molar-refractivity contribution in [2.75, 3.05) is 7.11 Å². The van der Waals surface area contributed by atoms with Crippen LogP contribution in [0.4, 0.5) is 0 Å². The van der Waals surface area contributed by atoms with Gasteiger partial charge in [-0.1, -0.05) is 0 Å². The van der Waals surface area contributed by atoms with Crippen LogP contribution in [0.1, 0.15) is 0 Å². The van der Waals surface area contributed by atoms with Gasteiger partial charge >= 0.3 is 11.9 Å². The van der Waals surface area contributed by atoms with E-state index in [4.69, 9.17) is 9.47 Å². The molecule has 6 heteroatoms. The number of esters is 2. The number of fused-ring (bicyclic) bond motifs is 1. The summed E-state index contributed by atoms with van der Waals surface area (Å²) < 4.78 is 14.9. The number of rotatable bonds is 1. The van der Waals surface area contributed by atoms with Crippen molar-refractivity contribution < 1.29 is 28.9 Å². The van der Waals surface area contributed by atoms with Gasteiger partial charge < -0.3 is 19.3 Å². The molecular formula is C9H10O6. The van der Waals surface area contributed by atoms with Crippen molar-refractivity contribution in [1.29, 1.82) is 0 Å². The zero-order valence-corrected chi connectivity index (χ0v) is 7.95. The Hall–Kier alpha value is -1.14. The molecule has 3 saturated heterocycles. The first-order valence-electron chi connectivity index (χ1n) is 4.77. The quantitative estimate of drug-likeness (QED) is 0.533. The first-order chi connectivity index (χ1) is 7.15. The molecule has 3 aliphatic rings. The van der Waals surface area contributed by atoms with Crippen molar-refractivity contribution in [3.8, 4) is 0 Å². The van der Waals surface area contributed by atoms with Gasteiger partial charge in [0.1, 0.15) is 30.1 Å². The largest absolute Gasteiger partial charge is 0.469 e. The van der Waals surface area contributed by atoms with E-state index in [0.29, 0.717) is 0 Å². The molecule has 6 unspecified atom stereocenters. The zero-order chi connectivity index (χ0) is 10.7. The molecule has 15 heavy (non-hydrogen) atoms. The lowest BCUT2D eigenvalue weighted by atomic mass is 9.78. The molecule has 0 radical (unpaired) electrons. The Morgan fingerprint density at radius 3 is 2.80 bits per heavy atom. The van der Waals surface area contributed by atoms with Gasteiger partial charge in [0.2, 0.25) is 0 Å². The minimum atomic E-state index is -0.915. The minimum Gasteiger partial charge on any atom is -0.469 e. The highest BCUT2D eigenvalue weighted by Crippen LogP contribution is 2.50. The highest BCUT2D eigenvalue weighted by atomic mass is 16.6. The second kappa shape index (κ2) is 2.70. The third kappa shape index (κ3) is 0.908. The number of carbonyl (C=O) groups excluding carboxylic acids is 2. The monoisotopic (exact) mass is 214 g/mol. The average Bonchev–Trinajstić information content (AvgIpc) is 2.80. The molecule has 0 saturated carbocycles. The van der Waals surface area contributed by atoms with Crippen molar-refractivity contribution >= 4 is 11.9 Å². The van der Waals surface area contributed by atoms with Crippen LogP contribution in [0.2, 0.25) is 0 Å². The Kier molecular flexibility index (Phi) is 1.64. The topological polar surface area (TPSA) is 82.1 Å². The Labute approximate surface area is 85.1 Å². The van der Waals surface area contributed by atoms with E-state index < -0.39 is 48.2 Å². The third-order valence-corrected chi connectivity index (χ3v) is 3.40. The molecular weight excluding hydrogens is 204 g/mol. The summed E-state index contributed by atoms with van der Waals surface area (Å²) in [7, 11) is 1.25. The van der Waals surface area contributed by atoms with Crippen LogP contribution in [0.3, 0.4) is 0 Å². The van der Waals surface area contributed by atoms with Gasteiger partial charge in [-0.2, -0.15) is 0 Å². The molecule has 6 nitrogen and oxygen atoms in total. The normalized spacial score (nSPS) is 50.7. The molecule has 2 bridgehead atoms. The van der Waals surface area contributed by atoms with Crippen LogP contribution < -0.4 is 0 Å². The van der Waals surface area contributed by atoms with Crippen molar-refractivity contribution in [1.82, 2.24) is 0 Å². The SMILES string of the molecule is COC(=O)C1C2OC3C(OC(=O)C31)C2O. The fraction of sp³-hybridized carbons (Fsp3) is 0.778. The summed E-state index contributed by atoms with van der Waals surface area (Å²) >= 11 is 0. The van der Waals surface area contributed by atoms with Crippen LogP contribution >= 0.6 is 0 Å². The molecule has 3 fully saturated rings. The molecule has 0 aromatic heterocycles. The number of methoxy groups -OCH3 is 1. The van der Waals surface area contributed by atoms with E-state index in [1.165, 1.54) is 7.11 Å². The number of hydrogen-bond donors (Lipinski definition) is 1. The van der Waals surface area contributed by atoms with E-state index in [0.717, 1.165) is 0 Å². The zero-order valence-electron chi connectivity index (χ0n) is 7.95. The Morgan fingerprint density at radius 1 is 1.40 bits per heavy atom. The number of carbonyl (C=O) groups is 2. The molecule has 0 aromatic rings. The van der Waals surface area contributed by atoms with Crippen LogP contribution in [0.15, 0.2) is 0 Å². The summed E-state index contributed by atoms with van der Waals surface area (Å²) in [4.78, 5) is 22.9. The molecule has 1 N–H and O–H groups in total. The van der Waals surface area contributed by atoms with Gasteiger partial charge in [-0.3, -0.25) is 9.59 Å². The van der Waals surface area contributed by atoms with E-state index in [1.54, 1.807) is 0 Å². The molecule has 3 heterocycles. The van der Waals surface area contributed by atoms with E-state index in [1.807, 2.05) is 0 Å². The Bertz CT molecular complexity index is 339. The highest BCUT2D eigenvalue weighted by molar-refractivity contribution is 5.86. The molecule has 6 atom stereocenters. The summed E-state index contributed by atoms with van der Waals surface area (Å²) in [6, 6.07) is 0. The third-order valence-electron chi connectivity index (χ3n) is 3.40. The van der Waals surface area contributed by atoms with Crippen LogP contribution in [0.5, 0.6) is 0 Å². The second-order valence-corrected chi connectivity index (χ2v) is 4.03. The van der Waals surface area contributed by atoms with Gasteiger partial charge in [-0.05, 0) is 0 Å². The number of ether oxygens (including phenoxy) is 3. The van der Waals surface area contributed by atoms with Crippen LogP contribution in [-0.4, -0.2) is 48.6 Å². The van der Waals surface area contributed by atoms with Crippen LogP contribution in [-0.2, 0) is 23.8 Å².